The normalized spacial score (nSPS) is 11.6. The van der Waals surface area contributed by atoms with Gasteiger partial charge < -0.3 is 10.6 Å². The van der Waals surface area contributed by atoms with Crippen molar-refractivity contribution in [2.24, 2.45) is 0 Å². The third-order valence-corrected chi connectivity index (χ3v) is 4.07. The fourth-order valence-electron chi connectivity index (χ4n) is 1.98. The molecule has 23 heavy (non-hydrogen) atoms. The van der Waals surface area contributed by atoms with Gasteiger partial charge in [0.05, 0.1) is 12.6 Å². The van der Waals surface area contributed by atoms with Gasteiger partial charge in [0.25, 0.3) is 5.91 Å². The van der Waals surface area contributed by atoms with E-state index in [0.717, 1.165) is 10.0 Å². The van der Waals surface area contributed by atoms with Crippen molar-refractivity contribution >= 4 is 39.3 Å². The van der Waals surface area contributed by atoms with Crippen molar-refractivity contribution in [3.05, 3.63) is 63.3 Å². The van der Waals surface area contributed by atoms with Gasteiger partial charge >= 0.3 is 0 Å². The van der Waals surface area contributed by atoms with E-state index in [1.54, 1.807) is 6.07 Å². The molecule has 7 heteroatoms. The van der Waals surface area contributed by atoms with Gasteiger partial charge in [-0.2, -0.15) is 0 Å². The largest absolute Gasteiger partial charge is 0.348 e. The highest BCUT2D eigenvalue weighted by Gasteiger charge is 2.14. The minimum Gasteiger partial charge on any atom is -0.348 e. The zero-order valence-corrected chi connectivity index (χ0v) is 14.7. The highest BCUT2D eigenvalue weighted by atomic mass is 79.9. The fourth-order valence-corrected chi connectivity index (χ4v) is 2.76. The molecule has 2 aromatic rings. The molecule has 0 saturated heterocycles. The highest BCUT2D eigenvalue weighted by molar-refractivity contribution is 9.10. The molecule has 0 aliphatic rings. The molecular formula is C16H15BrClN3O2. The fraction of sp³-hybridized carbons (Fsp3) is 0.188. The lowest BCUT2D eigenvalue weighted by Gasteiger charge is -2.16. The number of hydrogen-bond donors (Lipinski definition) is 2. The number of aromatic nitrogens is 1. The quantitative estimate of drug-likeness (QED) is 0.816. The van der Waals surface area contributed by atoms with Crippen LogP contribution in [0.5, 0.6) is 0 Å². The summed E-state index contributed by atoms with van der Waals surface area (Å²) in [6.45, 7) is 1.74. The van der Waals surface area contributed by atoms with Gasteiger partial charge in [-0.25, -0.2) is 0 Å². The molecule has 120 valence electrons. The molecule has 0 spiro atoms. The number of amides is 2. The Morgan fingerprint density at radius 1 is 1.30 bits per heavy atom. The number of nitrogens with one attached hydrogen (secondary N) is 2. The van der Waals surface area contributed by atoms with Crippen LogP contribution in [0.1, 0.15) is 29.0 Å². The summed E-state index contributed by atoms with van der Waals surface area (Å²) in [5.74, 6) is -0.736. The smallest absolute Gasteiger partial charge is 0.270 e. The van der Waals surface area contributed by atoms with Crippen LogP contribution in [-0.4, -0.2) is 23.3 Å². The lowest BCUT2D eigenvalue weighted by molar-refractivity contribution is -0.120. The Hall–Kier alpha value is -1.92. The van der Waals surface area contributed by atoms with Gasteiger partial charge in [0.15, 0.2) is 0 Å². The van der Waals surface area contributed by atoms with Gasteiger partial charge in [-0.05, 0) is 30.7 Å². The van der Waals surface area contributed by atoms with Gasteiger partial charge in [0, 0.05) is 15.7 Å². The summed E-state index contributed by atoms with van der Waals surface area (Å²) in [6.07, 6.45) is 1.44. The van der Waals surface area contributed by atoms with Crippen molar-refractivity contribution in [1.82, 2.24) is 15.6 Å². The molecule has 1 aromatic heterocycles. The first-order valence-electron chi connectivity index (χ1n) is 6.91. The molecule has 2 amide bonds. The second-order valence-electron chi connectivity index (χ2n) is 4.85. The number of benzene rings is 1. The molecule has 2 N–H and O–H groups in total. The Morgan fingerprint density at radius 2 is 2.04 bits per heavy atom. The van der Waals surface area contributed by atoms with Crippen LogP contribution in [-0.2, 0) is 4.79 Å². The number of carbonyl (C=O) groups excluding carboxylic acids is 2. The second kappa shape index (κ2) is 8.08. The maximum absolute atomic E-state index is 12.0. The van der Waals surface area contributed by atoms with Crippen LogP contribution in [0.25, 0.3) is 0 Å². The Bertz CT molecular complexity index is 724. The second-order valence-corrected chi connectivity index (χ2v) is 6.14. The molecule has 1 atom stereocenters. The molecule has 5 nitrogen and oxygen atoms in total. The summed E-state index contributed by atoms with van der Waals surface area (Å²) < 4.78 is 0.917. The number of rotatable bonds is 5. The van der Waals surface area contributed by atoms with E-state index >= 15 is 0 Å². The van der Waals surface area contributed by atoms with E-state index in [1.165, 1.54) is 12.3 Å². The summed E-state index contributed by atoms with van der Waals surface area (Å²) in [6, 6.07) is 10.5. The summed E-state index contributed by atoms with van der Waals surface area (Å²) >= 11 is 9.24. The van der Waals surface area contributed by atoms with Crippen molar-refractivity contribution in [2.45, 2.75) is 13.0 Å². The van der Waals surface area contributed by atoms with Crippen LogP contribution in [0.3, 0.4) is 0 Å². The van der Waals surface area contributed by atoms with Crippen LogP contribution < -0.4 is 10.6 Å². The molecule has 1 heterocycles. The molecule has 0 saturated carbocycles. The predicted molar refractivity (Wildman–Crippen MR) is 92.3 cm³/mol. The molecule has 2 rings (SSSR count). The molecule has 0 fully saturated rings. The Balaban J connectivity index is 1.88. The Morgan fingerprint density at radius 3 is 2.74 bits per heavy atom. The van der Waals surface area contributed by atoms with Crippen LogP contribution >= 0.6 is 27.5 Å². The molecular weight excluding hydrogens is 382 g/mol. The first-order chi connectivity index (χ1) is 11.0. The monoisotopic (exact) mass is 395 g/mol. The minimum absolute atomic E-state index is 0.137. The van der Waals surface area contributed by atoms with Crippen molar-refractivity contribution in [3.63, 3.8) is 0 Å². The molecule has 0 unspecified atom stereocenters. The standard InChI is InChI=1S/C16H15BrClN3O2/c1-10(12-4-2-3-5-13(12)17)21-15(22)9-20-16(23)14-8-11(18)6-7-19-14/h2-8,10H,9H2,1H3,(H,20,23)(H,21,22)/t10-/m0/s1. The zero-order valence-electron chi connectivity index (χ0n) is 12.3. The number of hydrogen-bond acceptors (Lipinski definition) is 3. The SMILES string of the molecule is C[C@H](NC(=O)CNC(=O)c1cc(Cl)ccn1)c1ccccc1Br. The van der Waals surface area contributed by atoms with E-state index in [0.29, 0.717) is 5.02 Å². The van der Waals surface area contributed by atoms with Crippen molar-refractivity contribution in [2.75, 3.05) is 6.54 Å². The number of nitrogens with zero attached hydrogens (tertiary/aromatic N) is 1. The van der Waals surface area contributed by atoms with Crippen LogP contribution in [0.15, 0.2) is 47.1 Å². The Labute approximate surface area is 147 Å². The molecule has 0 bridgehead atoms. The zero-order chi connectivity index (χ0) is 16.8. The van der Waals surface area contributed by atoms with Crippen LogP contribution in [0.4, 0.5) is 0 Å². The third-order valence-electron chi connectivity index (χ3n) is 3.11. The minimum atomic E-state index is -0.448. The Kier molecular flexibility index (Phi) is 6.12. The van der Waals surface area contributed by atoms with E-state index in [-0.39, 0.29) is 24.2 Å². The van der Waals surface area contributed by atoms with E-state index < -0.39 is 5.91 Å². The summed E-state index contributed by atoms with van der Waals surface area (Å²) in [7, 11) is 0. The number of carbonyl (C=O) groups is 2. The maximum atomic E-state index is 12.0. The molecule has 0 radical (unpaired) electrons. The van der Waals surface area contributed by atoms with E-state index in [4.69, 9.17) is 11.6 Å². The van der Waals surface area contributed by atoms with Crippen LogP contribution in [0, 0.1) is 0 Å². The number of pyridine rings is 1. The van der Waals surface area contributed by atoms with E-state index in [2.05, 4.69) is 31.5 Å². The topological polar surface area (TPSA) is 71.1 Å². The molecule has 0 aliphatic carbocycles. The first-order valence-corrected chi connectivity index (χ1v) is 8.08. The van der Waals surface area contributed by atoms with Crippen molar-refractivity contribution in [1.29, 1.82) is 0 Å². The molecule has 0 aliphatic heterocycles. The average Bonchev–Trinajstić information content (AvgIpc) is 2.53. The summed E-state index contributed by atoms with van der Waals surface area (Å²) in [5, 5.41) is 5.75. The van der Waals surface area contributed by atoms with Crippen LogP contribution in [0.2, 0.25) is 5.02 Å². The summed E-state index contributed by atoms with van der Waals surface area (Å²) in [4.78, 5) is 27.7. The highest BCUT2D eigenvalue weighted by Crippen LogP contribution is 2.22. The van der Waals surface area contributed by atoms with Gasteiger partial charge in [-0.15, -0.1) is 0 Å². The van der Waals surface area contributed by atoms with Gasteiger partial charge in [0.1, 0.15) is 5.69 Å². The van der Waals surface area contributed by atoms with Crippen molar-refractivity contribution < 1.29 is 9.59 Å². The molecule has 1 aromatic carbocycles. The maximum Gasteiger partial charge on any atom is 0.270 e. The lowest BCUT2D eigenvalue weighted by Crippen LogP contribution is -2.38. The van der Waals surface area contributed by atoms with Gasteiger partial charge in [-0.1, -0.05) is 45.7 Å². The van der Waals surface area contributed by atoms with Gasteiger partial charge in [0.2, 0.25) is 5.91 Å². The lowest BCUT2D eigenvalue weighted by atomic mass is 10.1. The number of halogens is 2. The van der Waals surface area contributed by atoms with Gasteiger partial charge in [-0.3, -0.25) is 14.6 Å². The first kappa shape index (κ1) is 17.4. The average molecular weight is 397 g/mol. The predicted octanol–water partition coefficient (Wildman–Crippen LogP) is 3.10. The van der Waals surface area contributed by atoms with E-state index in [9.17, 15) is 9.59 Å². The third kappa shape index (κ3) is 5.04. The summed E-state index contributed by atoms with van der Waals surface area (Å²) in [5.41, 5.74) is 1.13. The van der Waals surface area contributed by atoms with E-state index in [1.807, 2.05) is 31.2 Å². The van der Waals surface area contributed by atoms with Crippen molar-refractivity contribution in [3.8, 4) is 0 Å².